The summed E-state index contributed by atoms with van der Waals surface area (Å²) in [6.45, 7) is 3.67. The molecule has 1 unspecified atom stereocenters. The Morgan fingerprint density at radius 1 is 1.50 bits per heavy atom. The lowest BCUT2D eigenvalue weighted by Crippen LogP contribution is -2.44. The largest absolute Gasteiger partial charge is 0.371 e. The molecule has 3 amide bonds. The van der Waals surface area contributed by atoms with Crippen molar-refractivity contribution in [2.45, 2.75) is 26.3 Å². The fourth-order valence-electron chi connectivity index (χ4n) is 1.50. The number of urea groups is 1. The average Bonchev–Trinajstić information content (AvgIpc) is 2.68. The molecule has 3 N–H and O–H groups in total. The highest BCUT2D eigenvalue weighted by Crippen LogP contribution is 2.14. The highest BCUT2D eigenvalue weighted by atomic mass is 16.2. The van der Waals surface area contributed by atoms with Gasteiger partial charge in [0.25, 0.3) is 0 Å². The monoisotopic (exact) mass is 253 g/mol. The number of hydrogen-bond acceptors (Lipinski definition) is 4. The molecule has 0 saturated carbocycles. The first-order chi connectivity index (χ1) is 8.47. The molecule has 0 bridgehead atoms. The van der Waals surface area contributed by atoms with Gasteiger partial charge in [0, 0.05) is 20.3 Å². The number of anilines is 1. The Morgan fingerprint density at radius 2 is 2.17 bits per heavy atom. The summed E-state index contributed by atoms with van der Waals surface area (Å²) >= 11 is 0. The minimum absolute atomic E-state index is 0.389. The SMILES string of the molecule is CCc1nn(C)cc1NC(C)C(=O)NC(=O)NC. The minimum Gasteiger partial charge on any atom is -0.371 e. The van der Waals surface area contributed by atoms with Gasteiger partial charge in [-0.05, 0) is 13.3 Å². The molecule has 0 radical (unpaired) electrons. The van der Waals surface area contributed by atoms with Crippen molar-refractivity contribution in [2.75, 3.05) is 12.4 Å². The van der Waals surface area contributed by atoms with Crippen molar-refractivity contribution < 1.29 is 9.59 Å². The van der Waals surface area contributed by atoms with Crippen LogP contribution < -0.4 is 16.0 Å². The van der Waals surface area contributed by atoms with Gasteiger partial charge in [0.05, 0.1) is 11.4 Å². The number of imide groups is 1. The Hall–Kier alpha value is -2.05. The summed E-state index contributed by atoms with van der Waals surface area (Å²) in [4.78, 5) is 22.7. The third kappa shape index (κ3) is 3.47. The van der Waals surface area contributed by atoms with Crippen LogP contribution in [0.25, 0.3) is 0 Å². The Balaban J connectivity index is 2.66. The number of rotatable bonds is 4. The van der Waals surface area contributed by atoms with E-state index in [-0.39, 0.29) is 5.91 Å². The third-order valence-corrected chi connectivity index (χ3v) is 2.47. The number of nitrogens with one attached hydrogen (secondary N) is 3. The molecule has 7 nitrogen and oxygen atoms in total. The first-order valence-corrected chi connectivity index (χ1v) is 5.79. The fourth-order valence-corrected chi connectivity index (χ4v) is 1.50. The second-order valence-corrected chi connectivity index (χ2v) is 3.95. The van der Waals surface area contributed by atoms with Crippen molar-refractivity contribution in [3.63, 3.8) is 0 Å². The van der Waals surface area contributed by atoms with Crippen LogP contribution in [0.15, 0.2) is 6.20 Å². The summed E-state index contributed by atoms with van der Waals surface area (Å²) in [7, 11) is 3.27. The van der Waals surface area contributed by atoms with Gasteiger partial charge in [-0.3, -0.25) is 14.8 Å². The van der Waals surface area contributed by atoms with Gasteiger partial charge in [0.1, 0.15) is 6.04 Å². The van der Waals surface area contributed by atoms with Gasteiger partial charge < -0.3 is 10.6 Å². The van der Waals surface area contributed by atoms with Gasteiger partial charge in [0.2, 0.25) is 5.91 Å². The van der Waals surface area contributed by atoms with Crippen LogP contribution in [-0.2, 0) is 18.3 Å². The Bertz CT molecular complexity index is 441. The van der Waals surface area contributed by atoms with Crippen molar-refractivity contribution in [1.82, 2.24) is 20.4 Å². The summed E-state index contributed by atoms with van der Waals surface area (Å²) in [6.07, 6.45) is 2.58. The van der Waals surface area contributed by atoms with E-state index >= 15 is 0 Å². The predicted octanol–water partition coefficient (Wildman–Crippen LogP) is 0.239. The van der Waals surface area contributed by atoms with Crippen molar-refractivity contribution in [2.24, 2.45) is 7.05 Å². The van der Waals surface area contributed by atoms with Crippen LogP contribution in [0.2, 0.25) is 0 Å². The number of carbonyl (C=O) groups excluding carboxylic acids is 2. The van der Waals surface area contributed by atoms with Crippen molar-refractivity contribution in [3.05, 3.63) is 11.9 Å². The van der Waals surface area contributed by atoms with E-state index < -0.39 is 12.1 Å². The number of amides is 3. The van der Waals surface area contributed by atoms with Gasteiger partial charge >= 0.3 is 6.03 Å². The summed E-state index contributed by atoms with van der Waals surface area (Å²) in [6, 6.07) is -1.03. The highest BCUT2D eigenvalue weighted by molar-refractivity contribution is 5.97. The van der Waals surface area contributed by atoms with Crippen molar-refractivity contribution in [3.8, 4) is 0 Å². The van der Waals surface area contributed by atoms with Crippen LogP contribution in [0.5, 0.6) is 0 Å². The molecule has 0 aliphatic heterocycles. The lowest BCUT2D eigenvalue weighted by Gasteiger charge is -2.13. The quantitative estimate of drug-likeness (QED) is 0.717. The molecule has 1 aromatic heterocycles. The van der Waals surface area contributed by atoms with Crippen LogP contribution in [0.3, 0.4) is 0 Å². The molecule has 0 fully saturated rings. The summed E-state index contributed by atoms with van der Waals surface area (Å²) in [5, 5.41) is 11.8. The highest BCUT2D eigenvalue weighted by Gasteiger charge is 2.17. The maximum absolute atomic E-state index is 11.7. The van der Waals surface area contributed by atoms with E-state index in [2.05, 4.69) is 21.0 Å². The van der Waals surface area contributed by atoms with E-state index in [9.17, 15) is 9.59 Å². The lowest BCUT2D eigenvalue weighted by atomic mass is 10.2. The lowest BCUT2D eigenvalue weighted by molar-refractivity contribution is -0.120. The van der Waals surface area contributed by atoms with Crippen molar-refractivity contribution in [1.29, 1.82) is 0 Å². The molecule has 0 saturated heterocycles. The maximum atomic E-state index is 11.7. The van der Waals surface area contributed by atoms with Crippen LogP contribution >= 0.6 is 0 Å². The molecule has 0 spiro atoms. The first-order valence-electron chi connectivity index (χ1n) is 5.79. The Morgan fingerprint density at radius 3 is 2.72 bits per heavy atom. The topological polar surface area (TPSA) is 88.1 Å². The van der Waals surface area contributed by atoms with Gasteiger partial charge in [-0.1, -0.05) is 6.92 Å². The molecule has 1 aromatic rings. The van der Waals surface area contributed by atoms with E-state index in [0.717, 1.165) is 17.8 Å². The summed E-state index contributed by atoms with van der Waals surface area (Å²) in [5.74, 6) is -0.389. The summed E-state index contributed by atoms with van der Waals surface area (Å²) < 4.78 is 1.69. The molecular formula is C11H19N5O2. The molecule has 1 rings (SSSR count). The van der Waals surface area contributed by atoms with Gasteiger partial charge in [0.15, 0.2) is 0 Å². The molecule has 0 aliphatic rings. The Kier molecular flexibility index (Phi) is 4.70. The molecule has 1 atom stereocenters. The molecule has 18 heavy (non-hydrogen) atoms. The number of carbonyl (C=O) groups is 2. The number of aromatic nitrogens is 2. The molecule has 100 valence electrons. The zero-order chi connectivity index (χ0) is 13.7. The summed E-state index contributed by atoms with van der Waals surface area (Å²) in [5.41, 5.74) is 1.69. The molecule has 0 aliphatic carbocycles. The van der Waals surface area contributed by atoms with Gasteiger partial charge in [-0.2, -0.15) is 5.10 Å². The van der Waals surface area contributed by atoms with Gasteiger partial charge in [-0.15, -0.1) is 0 Å². The van der Waals surface area contributed by atoms with E-state index in [1.54, 1.807) is 11.6 Å². The predicted molar refractivity (Wildman–Crippen MR) is 68.3 cm³/mol. The van der Waals surface area contributed by atoms with Gasteiger partial charge in [-0.25, -0.2) is 4.79 Å². The van der Waals surface area contributed by atoms with E-state index in [1.165, 1.54) is 7.05 Å². The Labute approximate surface area is 106 Å². The molecule has 1 heterocycles. The number of hydrogen-bond donors (Lipinski definition) is 3. The van der Waals surface area contributed by atoms with E-state index in [4.69, 9.17) is 0 Å². The number of aryl methyl sites for hydroxylation is 2. The second-order valence-electron chi connectivity index (χ2n) is 3.95. The zero-order valence-electron chi connectivity index (χ0n) is 11.1. The number of nitrogens with zero attached hydrogens (tertiary/aromatic N) is 2. The molecule has 0 aromatic carbocycles. The maximum Gasteiger partial charge on any atom is 0.321 e. The van der Waals surface area contributed by atoms with Crippen LogP contribution in [0.1, 0.15) is 19.5 Å². The zero-order valence-corrected chi connectivity index (χ0v) is 11.1. The van der Waals surface area contributed by atoms with E-state index in [1.807, 2.05) is 20.2 Å². The average molecular weight is 253 g/mol. The first kappa shape index (κ1) is 14.0. The molecular weight excluding hydrogens is 234 g/mol. The smallest absolute Gasteiger partial charge is 0.321 e. The fraction of sp³-hybridized carbons (Fsp3) is 0.545. The van der Waals surface area contributed by atoms with Crippen LogP contribution in [0.4, 0.5) is 10.5 Å². The standard InChI is InChI=1S/C11H19N5O2/c1-5-8-9(6-16(4)15-8)13-7(2)10(17)14-11(18)12-3/h6-7,13H,5H2,1-4H3,(H2,12,14,17,18). The second kappa shape index (κ2) is 6.04. The van der Waals surface area contributed by atoms with Crippen molar-refractivity contribution >= 4 is 17.6 Å². The van der Waals surface area contributed by atoms with Crippen LogP contribution in [-0.4, -0.2) is 34.8 Å². The van der Waals surface area contributed by atoms with Crippen LogP contribution in [0, 0.1) is 0 Å². The molecule has 7 heteroatoms. The normalized spacial score (nSPS) is 11.8. The third-order valence-electron chi connectivity index (χ3n) is 2.47. The van der Waals surface area contributed by atoms with E-state index in [0.29, 0.717) is 0 Å². The minimum atomic E-state index is -0.518.